The van der Waals surface area contributed by atoms with Crippen LogP contribution in [0.2, 0.25) is 0 Å². The third kappa shape index (κ3) is 3.56. The van der Waals surface area contributed by atoms with E-state index in [2.05, 4.69) is 0 Å². The molecule has 0 saturated carbocycles. The van der Waals surface area contributed by atoms with Gasteiger partial charge in [-0.05, 0) is 24.3 Å². The Morgan fingerprint density at radius 3 is 2.57 bits per heavy atom. The van der Waals surface area contributed by atoms with Gasteiger partial charge in [-0.15, -0.1) is 0 Å². The van der Waals surface area contributed by atoms with E-state index in [4.69, 9.17) is 23.0 Å². The first kappa shape index (κ1) is 19.4. The van der Waals surface area contributed by atoms with Crippen molar-refractivity contribution in [2.75, 3.05) is 20.8 Å². The van der Waals surface area contributed by atoms with Crippen LogP contribution in [-0.4, -0.2) is 26.8 Å². The van der Waals surface area contributed by atoms with Gasteiger partial charge in [-0.2, -0.15) is 0 Å². The summed E-state index contributed by atoms with van der Waals surface area (Å²) in [6, 6.07) is 12.6. The molecule has 4 aromatic rings. The van der Waals surface area contributed by atoms with Crippen LogP contribution in [0, 0.1) is 0 Å². The summed E-state index contributed by atoms with van der Waals surface area (Å²) in [7, 11) is 2.85. The van der Waals surface area contributed by atoms with Crippen LogP contribution < -0.4 is 20.7 Å². The zero-order valence-electron chi connectivity index (χ0n) is 16.1. The number of methoxy groups -OCH3 is 2. The minimum Gasteiger partial charge on any atom is -0.493 e. The van der Waals surface area contributed by atoms with Crippen molar-refractivity contribution in [3.05, 3.63) is 69.4 Å². The molecule has 0 aliphatic rings. The fourth-order valence-electron chi connectivity index (χ4n) is 3.17. The Hall–Kier alpha value is -3.91. The largest absolute Gasteiger partial charge is 0.493 e. The molecule has 2 aromatic heterocycles. The number of benzene rings is 2. The van der Waals surface area contributed by atoms with Crippen molar-refractivity contribution in [3.8, 4) is 22.6 Å². The molecule has 8 nitrogen and oxygen atoms in total. The molecule has 4 rings (SSSR count). The molecule has 0 atom stereocenters. The molecular formula is C22H16O8. The molecule has 0 fully saturated rings. The van der Waals surface area contributed by atoms with Crippen LogP contribution in [0.5, 0.6) is 11.5 Å². The third-order valence-corrected chi connectivity index (χ3v) is 4.44. The van der Waals surface area contributed by atoms with Crippen LogP contribution >= 0.6 is 0 Å². The molecule has 0 bridgehead atoms. The summed E-state index contributed by atoms with van der Waals surface area (Å²) >= 11 is 0. The van der Waals surface area contributed by atoms with Crippen molar-refractivity contribution in [1.29, 1.82) is 0 Å². The average Bonchev–Trinajstić information content (AvgIpc) is 2.72. The summed E-state index contributed by atoms with van der Waals surface area (Å²) in [5, 5.41) is 1.12. The summed E-state index contributed by atoms with van der Waals surface area (Å²) in [4.78, 5) is 36.5. The van der Waals surface area contributed by atoms with Crippen molar-refractivity contribution < 1.29 is 27.8 Å². The molecule has 0 N–H and O–H groups in total. The lowest BCUT2D eigenvalue weighted by Crippen LogP contribution is -2.14. The highest BCUT2D eigenvalue weighted by Gasteiger charge is 2.16. The number of carbonyl (C=O) groups excluding carboxylic acids is 1. The molecule has 0 aliphatic heterocycles. The number of hydrogen-bond donors (Lipinski definition) is 0. The fourth-order valence-corrected chi connectivity index (χ4v) is 3.17. The first-order valence-electron chi connectivity index (χ1n) is 8.89. The van der Waals surface area contributed by atoms with Gasteiger partial charge in [0, 0.05) is 35.6 Å². The molecule has 0 saturated heterocycles. The molecule has 152 valence electrons. The normalized spacial score (nSPS) is 11.0. The van der Waals surface area contributed by atoms with Gasteiger partial charge < -0.3 is 23.0 Å². The smallest absolute Gasteiger partial charge is 0.344 e. The van der Waals surface area contributed by atoms with E-state index in [1.54, 1.807) is 30.3 Å². The van der Waals surface area contributed by atoms with Crippen LogP contribution in [0.4, 0.5) is 0 Å². The van der Waals surface area contributed by atoms with Crippen molar-refractivity contribution in [3.63, 3.8) is 0 Å². The highest BCUT2D eigenvalue weighted by Crippen LogP contribution is 2.31. The first-order chi connectivity index (χ1) is 14.5. The maximum atomic E-state index is 12.7. The molecule has 0 aliphatic carbocycles. The van der Waals surface area contributed by atoms with Gasteiger partial charge in [0.1, 0.15) is 17.9 Å². The topological polar surface area (TPSA) is 105 Å². The number of esters is 1. The number of ether oxygens (including phenoxy) is 3. The Kier molecular flexibility index (Phi) is 5.07. The molecule has 0 amide bonds. The third-order valence-electron chi connectivity index (χ3n) is 4.44. The van der Waals surface area contributed by atoms with Gasteiger partial charge in [0.25, 0.3) is 0 Å². The lowest BCUT2D eigenvalue weighted by atomic mass is 10.0. The second kappa shape index (κ2) is 7.84. The number of fused-ring (bicyclic) bond motifs is 2. The lowest BCUT2D eigenvalue weighted by molar-refractivity contribution is -0.138. The number of carbonyl (C=O) groups is 1. The van der Waals surface area contributed by atoms with E-state index in [9.17, 15) is 14.4 Å². The van der Waals surface area contributed by atoms with E-state index < -0.39 is 17.2 Å². The average molecular weight is 408 g/mol. The summed E-state index contributed by atoms with van der Waals surface area (Å²) in [6.07, 6.45) is 0. The molecule has 0 unspecified atom stereocenters. The Labute approximate surface area is 169 Å². The number of para-hydroxylation sites is 1. The predicted molar refractivity (Wildman–Crippen MR) is 108 cm³/mol. The lowest BCUT2D eigenvalue weighted by Gasteiger charge is -2.09. The fraction of sp³-hybridized carbons (Fsp3) is 0.136. The molecule has 0 spiro atoms. The van der Waals surface area contributed by atoms with Gasteiger partial charge in [0.15, 0.2) is 11.3 Å². The molecule has 0 radical (unpaired) electrons. The van der Waals surface area contributed by atoms with Crippen molar-refractivity contribution in [1.82, 2.24) is 0 Å². The standard InChI is InChI=1S/C22H16O8/c1-26-11-20(24)28-13-6-7-14-15(10-19(23)29-18(14)9-13)16-8-12-4-3-5-17(27-2)21(12)30-22(16)25/h3-10H,11H2,1-2H3. The van der Waals surface area contributed by atoms with Gasteiger partial charge in [-0.1, -0.05) is 12.1 Å². The van der Waals surface area contributed by atoms with Crippen molar-refractivity contribution in [2.24, 2.45) is 0 Å². The quantitative estimate of drug-likeness (QED) is 0.282. The van der Waals surface area contributed by atoms with E-state index in [1.165, 1.54) is 32.4 Å². The minimum atomic E-state index is -0.664. The highest BCUT2D eigenvalue weighted by molar-refractivity contribution is 5.96. The Morgan fingerprint density at radius 1 is 0.967 bits per heavy atom. The molecule has 8 heteroatoms. The van der Waals surface area contributed by atoms with E-state index in [1.807, 2.05) is 0 Å². The molecule has 2 heterocycles. The SMILES string of the molecule is COCC(=O)Oc1ccc2c(-c3cc4cccc(OC)c4oc3=O)cc(=O)oc2c1. The summed E-state index contributed by atoms with van der Waals surface area (Å²) in [5.41, 5.74) is -0.288. The Bertz CT molecular complexity index is 1380. The molecular weight excluding hydrogens is 392 g/mol. The van der Waals surface area contributed by atoms with E-state index in [0.29, 0.717) is 27.7 Å². The Balaban J connectivity index is 1.89. The van der Waals surface area contributed by atoms with Crippen molar-refractivity contribution >= 4 is 27.9 Å². The monoisotopic (exact) mass is 408 g/mol. The van der Waals surface area contributed by atoms with Crippen molar-refractivity contribution in [2.45, 2.75) is 0 Å². The maximum Gasteiger partial charge on any atom is 0.344 e. The molecule has 30 heavy (non-hydrogen) atoms. The van der Waals surface area contributed by atoms with E-state index >= 15 is 0 Å². The summed E-state index contributed by atoms with van der Waals surface area (Å²) in [5.74, 6) is 0.00991. The number of hydrogen-bond acceptors (Lipinski definition) is 8. The van der Waals surface area contributed by atoms with E-state index in [-0.39, 0.29) is 23.5 Å². The van der Waals surface area contributed by atoms with Crippen LogP contribution in [-0.2, 0) is 9.53 Å². The van der Waals surface area contributed by atoms with Crippen LogP contribution in [0.3, 0.4) is 0 Å². The molecule has 2 aromatic carbocycles. The first-order valence-corrected chi connectivity index (χ1v) is 8.89. The van der Waals surface area contributed by atoms with Crippen LogP contribution in [0.15, 0.2) is 67.0 Å². The van der Waals surface area contributed by atoms with Crippen LogP contribution in [0.1, 0.15) is 0 Å². The van der Waals surface area contributed by atoms with Gasteiger partial charge >= 0.3 is 17.2 Å². The van der Waals surface area contributed by atoms with Gasteiger partial charge in [-0.25, -0.2) is 14.4 Å². The van der Waals surface area contributed by atoms with Crippen LogP contribution in [0.25, 0.3) is 33.1 Å². The van der Waals surface area contributed by atoms with Gasteiger partial charge in [0.2, 0.25) is 0 Å². The zero-order valence-corrected chi connectivity index (χ0v) is 16.1. The predicted octanol–water partition coefficient (Wildman–Crippen LogP) is 3.13. The number of rotatable bonds is 5. The second-order valence-electron chi connectivity index (χ2n) is 6.37. The Morgan fingerprint density at radius 2 is 1.80 bits per heavy atom. The zero-order chi connectivity index (χ0) is 21.3. The highest BCUT2D eigenvalue weighted by atomic mass is 16.6. The second-order valence-corrected chi connectivity index (χ2v) is 6.37. The van der Waals surface area contributed by atoms with Gasteiger partial charge in [0.05, 0.1) is 12.7 Å². The minimum absolute atomic E-state index is 0.158. The summed E-state index contributed by atoms with van der Waals surface area (Å²) < 4.78 is 25.8. The van der Waals surface area contributed by atoms with E-state index in [0.717, 1.165) is 0 Å². The maximum absolute atomic E-state index is 12.7. The van der Waals surface area contributed by atoms with Gasteiger partial charge in [-0.3, -0.25) is 0 Å². The summed E-state index contributed by atoms with van der Waals surface area (Å²) in [6.45, 7) is -0.219.